The topological polar surface area (TPSA) is 20.3 Å². The third-order valence-electron chi connectivity index (χ3n) is 3.80. The Morgan fingerprint density at radius 2 is 1.76 bits per heavy atom. The van der Waals surface area contributed by atoms with E-state index in [2.05, 4.69) is 0 Å². The van der Waals surface area contributed by atoms with E-state index in [9.17, 15) is 4.79 Å². The molecule has 0 N–H and O–H groups in total. The fraction of sp³-hybridized carbons (Fsp3) is 0.389. The molecule has 0 spiro atoms. The molecule has 2 aromatic rings. The molecule has 0 aliphatic carbocycles. The molecule has 21 heavy (non-hydrogen) atoms. The monoisotopic (exact) mass is 279 g/mol. The standard InChI is InChI=1S/C16H16BNO.C2H6/c17-15-6-4-5-12-11-13(7-8-14(12)15)16(19)18-9-2-1-3-10-18;1-2/h4-8,11H,1-3,9-10H2;1-2H3. The van der Waals surface area contributed by atoms with Crippen LogP contribution in [0.1, 0.15) is 43.5 Å². The number of likely N-dealkylation sites (tertiary alicyclic amines) is 1. The molecule has 1 heterocycles. The molecule has 1 fully saturated rings. The van der Waals surface area contributed by atoms with Crippen LogP contribution >= 0.6 is 0 Å². The molecule has 1 saturated heterocycles. The summed E-state index contributed by atoms with van der Waals surface area (Å²) < 4.78 is 0. The van der Waals surface area contributed by atoms with E-state index in [1.165, 1.54) is 6.42 Å². The second-order valence-corrected chi connectivity index (χ2v) is 5.14. The lowest BCUT2D eigenvalue weighted by atomic mass is 9.89. The Bertz CT molecular complexity index is 618. The summed E-state index contributed by atoms with van der Waals surface area (Å²) in [5.41, 5.74) is 1.52. The Kier molecular flexibility index (Phi) is 5.43. The number of carbonyl (C=O) groups excluding carboxylic acids is 1. The molecular formula is C18H22BNO. The van der Waals surface area contributed by atoms with Crippen molar-refractivity contribution in [1.82, 2.24) is 4.90 Å². The van der Waals surface area contributed by atoms with Gasteiger partial charge in [-0.1, -0.05) is 43.6 Å². The van der Waals surface area contributed by atoms with E-state index in [4.69, 9.17) is 7.85 Å². The van der Waals surface area contributed by atoms with Crippen molar-refractivity contribution >= 4 is 30.0 Å². The number of nitrogens with zero attached hydrogens (tertiary/aromatic N) is 1. The lowest BCUT2D eigenvalue weighted by molar-refractivity contribution is 0.0724. The van der Waals surface area contributed by atoms with Crippen molar-refractivity contribution < 1.29 is 4.79 Å². The highest BCUT2D eigenvalue weighted by Gasteiger charge is 2.18. The lowest BCUT2D eigenvalue weighted by Gasteiger charge is -2.26. The summed E-state index contributed by atoms with van der Waals surface area (Å²) in [6.07, 6.45) is 3.47. The second-order valence-electron chi connectivity index (χ2n) is 5.14. The van der Waals surface area contributed by atoms with Gasteiger partial charge in [0.05, 0.1) is 0 Å². The smallest absolute Gasteiger partial charge is 0.253 e. The fourth-order valence-electron chi connectivity index (χ4n) is 2.72. The van der Waals surface area contributed by atoms with E-state index < -0.39 is 0 Å². The van der Waals surface area contributed by atoms with E-state index in [0.717, 1.165) is 47.7 Å². The maximum Gasteiger partial charge on any atom is 0.253 e. The molecule has 1 aliphatic rings. The number of hydrogen-bond acceptors (Lipinski definition) is 1. The molecule has 0 atom stereocenters. The van der Waals surface area contributed by atoms with E-state index in [-0.39, 0.29) is 5.91 Å². The Balaban J connectivity index is 0.000000774. The van der Waals surface area contributed by atoms with Gasteiger partial charge in [-0.05, 0) is 42.2 Å². The predicted molar refractivity (Wildman–Crippen MR) is 90.4 cm³/mol. The van der Waals surface area contributed by atoms with E-state index in [1.54, 1.807) is 0 Å². The molecular weight excluding hydrogens is 257 g/mol. The Morgan fingerprint density at radius 1 is 1.05 bits per heavy atom. The second kappa shape index (κ2) is 7.30. The molecule has 108 valence electrons. The summed E-state index contributed by atoms with van der Waals surface area (Å²) in [4.78, 5) is 14.4. The van der Waals surface area contributed by atoms with Crippen molar-refractivity contribution in [1.29, 1.82) is 0 Å². The summed E-state index contributed by atoms with van der Waals surface area (Å²) in [6.45, 7) is 5.77. The minimum absolute atomic E-state index is 0.143. The molecule has 2 aromatic carbocycles. The number of benzene rings is 2. The van der Waals surface area contributed by atoms with Gasteiger partial charge in [-0.15, -0.1) is 0 Å². The van der Waals surface area contributed by atoms with Crippen molar-refractivity contribution in [3.05, 3.63) is 42.0 Å². The Hall–Kier alpha value is -1.77. The van der Waals surface area contributed by atoms with Crippen LogP contribution < -0.4 is 5.46 Å². The molecule has 0 unspecified atom stereocenters. The van der Waals surface area contributed by atoms with Crippen LogP contribution in [0.3, 0.4) is 0 Å². The SMILES string of the molecule is CC.[B]c1cccc2cc(C(=O)N3CCCCC3)ccc12. The van der Waals surface area contributed by atoms with E-state index >= 15 is 0 Å². The van der Waals surface area contributed by atoms with Crippen LogP contribution in [-0.2, 0) is 0 Å². The highest BCUT2D eigenvalue weighted by atomic mass is 16.2. The molecule has 3 heteroatoms. The lowest BCUT2D eigenvalue weighted by Crippen LogP contribution is -2.35. The van der Waals surface area contributed by atoms with Crippen molar-refractivity contribution in [2.45, 2.75) is 33.1 Å². The highest BCUT2D eigenvalue weighted by Crippen LogP contribution is 2.17. The Labute approximate surface area is 128 Å². The maximum absolute atomic E-state index is 12.4. The largest absolute Gasteiger partial charge is 0.339 e. The van der Waals surface area contributed by atoms with Crippen molar-refractivity contribution in [2.75, 3.05) is 13.1 Å². The van der Waals surface area contributed by atoms with Crippen LogP contribution in [0.25, 0.3) is 10.8 Å². The van der Waals surface area contributed by atoms with E-state index in [1.807, 2.05) is 55.1 Å². The summed E-state index contributed by atoms with van der Waals surface area (Å²) in [6, 6.07) is 11.6. The number of carbonyl (C=O) groups is 1. The van der Waals surface area contributed by atoms with Crippen LogP contribution in [-0.4, -0.2) is 31.7 Å². The van der Waals surface area contributed by atoms with Crippen LogP contribution in [0.5, 0.6) is 0 Å². The van der Waals surface area contributed by atoms with Crippen molar-refractivity contribution in [3.8, 4) is 0 Å². The molecule has 0 saturated carbocycles. The van der Waals surface area contributed by atoms with Crippen LogP contribution in [0, 0.1) is 0 Å². The van der Waals surface area contributed by atoms with Gasteiger partial charge in [0.1, 0.15) is 7.85 Å². The molecule has 3 rings (SSSR count). The van der Waals surface area contributed by atoms with Gasteiger partial charge in [0.25, 0.3) is 5.91 Å². The van der Waals surface area contributed by atoms with Gasteiger partial charge in [0.2, 0.25) is 0 Å². The van der Waals surface area contributed by atoms with Gasteiger partial charge < -0.3 is 4.90 Å². The number of hydrogen-bond donors (Lipinski definition) is 0. The van der Waals surface area contributed by atoms with Gasteiger partial charge in [-0.2, -0.15) is 0 Å². The van der Waals surface area contributed by atoms with E-state index in [0.29, 0.717) is 0 Å². The first-order valence-electron chi connectivity index (χ1n) is 7.83. The molecule has 1 amide bonds. The third kappa shape index (κ3) is 3.47. The zero-order valence-corrected chi connectivity index (χ0v) is 12.9. The zero-order valence-electron chi connectivity index (χ0n) is 12.9. The van der Waals surface area contributed by atoms with Gasteiger partial charge in [0, 0.05) is 18.7 Å². The van der Waals surface area contributed by atoms with Crippen LogP contribution in [0.4, 0.5) is 0 Å². The first-order chi connectivity index (χ1) is 10.3. The molecule has 2 nitrogen and oxygen atoms in total. The molecule has 0 aromatic heterocycles. The number of piperidine rings is 1. The van der Waals surface area contributed by atoms with Gasteiger partial charge >= 0.3 is 0 Å². The number of amides is 1. The summed E-state index contributed by atoms with van der Waals surface area (Å²) >= 11 is 0. The van der Waals surface area contributed by atoms with Crippen LogP contribution in [0.15, 0.2) is 36.4 Å². The third-order valence-corrected chi connectivity index (χ3v) is 3.80. The summed E-state index contributed by atoms with van der Waals surface area (Å²) in [5, 5.41) is 2.04. The Morgan fingerprint density at radius 3 is 2.48 bits per heavy atom. The zero-order chi connectivity index (χ0) is 15.2. The van der Waals surface area contributed by atoms with Crippen molar-refractivity contribution in [3.63, 3.8) is 0 Å². The minimum atomic E-state index is 0.143. The average molecular weight is 279 g/mol. The van der Waals surface area contributed by atoms with Gasteiger partial charge in [-0.25, -0.2) is 0 Å². The maximum atomic E-state index is 12.4. The quantitative estimate of drug-likeness (QED) is 0.733. The van der Waals surface area contributed by atoms with Crippen molar-refractivity contribution in [2.24, 2.45) is 0 Å². The first-order valence-corrected chi connectivity index (χ1v) is 7.83. The number of rotatable bonds is 1. The fourth-order valence-corrected chi connectivity index (χ4v) is 2.72. The predicted octanol–water partition coefficient (Wildman–Crippen LogP) is 3.29. The van der Waals surface area contributed by atoms with Gasteiger partial charge in [0.15, 0.2) is 0 Å². The van der Waals surface area contributed by atoms with Crippen LogP contribution in [0.2, 0.25) is 0 Å². The first kappa shape index (κ1) is 15.6. The summed E-state index contributed by atoms with van der Waals surface area (Å²) in [7, 11) is 5.93. The molecule has 2 radical (unpaired) electrons. The molecule has 1 aliphatic heterocycles. The van der Waals surface area contributed by atoms with Gasteiger partial charge in [-0.3, -0.25) is 4.79 Å². The normalized spacial score (nSPS) is 14.5. The number of fused-ring (bicyclic) bond motifs is 1. The minimum Gasteiger partial charge on any atom is -0.339 e. The summed E-state index contributed by atoms with van der Waals surface area (Å²) in [5.74, 6) is 0.143. The molecule has 0 bridgehead atoms. The average Bonchev–Trinajstić information content (AvgIpc) is 2.57. The highest BCUT2D eigenvalue weighted by molar-refractivity contribution is 6.38.